The van der Waals surface area contributed by atoms with Gasteiger partial charge in [-0.3, -0.25) is 0 Å². The van der Waals surface area contributed by atoms with E-state index in [1.165, 1.54) is 26.4 Å². The third-order valence-electron chi connectivity index (χ3n) is 4.29. The molecule has 1 aliphatic rings. The Morgan fingerprint density at radius 2 is 1.91 bits per heavy atom. The molecule has 1 aromatic carbocycles. The third kappa shape index (κ3) is 2.75. The average molecular weight is 300 g/mol. The second-order valence-corrected chi connectivity index (χ2v) is 5.64. The maximum absolute atomic E-state index is 11.8. The molecule has 0 aliphatic heterocycles. The molecule has 3 rings (SSSR count). The number of hydrogen-bond acceptors (Lipinski definition) is 5. The molecular weight excluding hydrogens is 280 g/mol. The van der Waals surface area contributed by atoms with Crippen LogP contribution in [0.4, 0.5) is 0 Å². The highest BCUT2D eigenvalue weighted by atomic mass is 16.5. The predicted molar refractivity (Wildman–Crippen MR) is 83.3 cm³/mol. The van der Waals surface area contributed by atoms with Crippen LogP contribution in [0.3, 0.4) is 0 Å². The highest BCUT2D eigenvalue weighted by molar-refractivity contribution is 5.90. The summed E-state index contributed by atoms with van der Waals surface area (Å²) in [6.07, 6.45) is 5.88. The average Bonchev–Trinajstić information content (AvgIpc) is 2.60. The van der Waals surface area contributed by atoms with Crippen LogP contribution in [0.1, 0.15) is 54.3 Å². The highest BCUT2D eigenvalue weighted by Crippen LogP contribution is 2.36. The highest BCUT2D eigenvalue weighted by Gasteiger charge is 2.23. The molecule has 0 bridgehead atoms. The van der Waals surface area contributed by atoms with Crippen LogP contribution in [0.25, 0.3) is 10.9 Å². The van der Waals surface area contributed by atoms with Gasteiger partial charge in [0, 0.05) is 11.3 Å². The quantitative estimate of drug-likeness (QED) is 0.812. The number of ether oxygens (including phenoxy) is 2. The van der Waals surface area contributed by atoms with Gasteiger partial charge in [0.05, 0.1) is 25.4 Å². The Morgan fingerprint density at radius 1 is 1.14 bits per heavy atom. The number of carbonyl (C=O) groups is 1. The first-order chi connectivity index (χ1) is 10.7. The van der Waals surface area contributed by atoms with Crippen molar-refractivity contribution < 1.29 is 14.3 Å². The second kappa shape index (κ2) is 6.30. The number of fused-ring (bicyclic) bond motifs is 1. The van der Waals surface area contributed by atoms with Gasteiger partial charge in [0.25, 0.3) is 0 Å². The fraction of sp³-hybridized carbons (Fsp3) is 0.471. The maximum atomic E-state index is 11.8. The minimum Gasteiger partial charge on any atom is -0.497 e. The number of esters is 1. The lowest BCUT2D eigenvalue weighted by Gasteiger charge is -2.22. The monoisotopic (exact) mass is 300 g/mol. The van der Waals surface area contributed by atoms with E-state index in [4.69, 9.17) is 9.47 Å². The number of benzene rings is 1. The lowest BCUT2D eigenvalue weighted by molar-refractivity contribution is 0.0586. The summed E-state index contributed by atoms with van der Waals surface area (Å²) in [5.74, 6) is 0.796. The summed E-state index contributed by atoms with van der Waals surface area (Å²) in [6.45, 7) is 0. The molecule has 2 aromatic rings. The molecule has 1 aromatic heterocycles. The molecule has 0 atom stereocenters. The van der Waals surface area contributed by atoms with Crippen molar-refractivity contribution in [3.05, 3.63) is 29.7 Å². The van der Waals surface area contributed by atoms with Gasteiger partial charge < -0.3 is 9.47 Å². The molecule has 0 N–H and O–H groups in total. The van der Waals surface area contributed by atoms with Crippen molar-refractivity contribution in [2.45, 2.75) is 38.0 Å². The first-order valence-corrected chi connectivity index (χ1v) is 7.67. The minimum atomic E-state index is -0.491. The van der Waals surface area contributed by atoms with Gasteiger partial charge in [-0.2, -0.15) is 0 Å². The molecular formula is C17H20N2O3. The summed E-state index contributed by atoms with van der Waals surface area (Å²) >= 11 is 0. The van der Waals surface area contributed by atoms with E-state index in [2.05, 4.69) is 9.97 Å². The molecule has 0 amide bonds. The molecule has 22 heavy (non-hydrogen) atoms. The van der Waals surface area contributed by atoms with Crippen LogP contribution in [0.15, 0.2) is 18.2 Å². The van der Waals surface area contributed by atoms with Crippen LogP contribution in [0, 0.1) is 0 Å². The van der Waals surface area contributed by atoms with Crippen molar-refractivity contribution in [2.75, 3.05) is 14.2 Å². The lowest BCUT2D eigenvalue weighted by atomic mass is 9.85. The van der Waals surface area contributed by atoms with Gasteiger partial charge in [0.1, 0.15) is 5.75 Å². The Hall–Kier alpha value is -2.17. The normalized spacial score (nSPS) is 15.7. The topological polar surface area (TPSA) is 61.3 Å². The van der Waals surface area contributed by atoms with Crippen molar-refractivity contribution in [1.29, 1.82) is 0 Å². The van der Waals surface area contributed by atoms with Gasteiger partial charge in [-0.15, -0.1) is 0 Å². The van der Waals surface area contributed by atoms with Crippen LogP contribution in [-0.4, -0.2) is 30.2 Å². The number of aromatic nitrogens is 2. The summed E-state index contributed by atoms with van der Waals surface area (Å²) in [7, 11) is 3.00. The summed E-state index contributed by atoms with van der Waals surface area (Å²) in [6, 6.07) is 5.68. The summed E-state index contributed by atoms with van der Waals surface area (Å²) in [5.41, 5.74) is 1.71. The zero-order valence-corrected chi connectivity index (χ0v) is 13.0. The number of rotatable bonds is 3. The van der Waals surface area contributed by atoms with Crippen LogP contribution in [0.5, 0.6) is 5.75 Å². The van der Waals surface area contributed by atoms with Crippen molar-refractivity contribution in [2.24, 2.45) is 0 Å². The molecule has 0 unspecified atom stereocenters. The first-order valence-electron chi connectivity index (χ1n) is 7.67. The van der Waals surface area contributed by atoms with Crippen molar-refractivity contribution >= 4 is 16.9 Å². The molecule has 0 spiro atoms. The number of hydrogen-bond donors (Lipinski definition) is 0. The minimum absolute atomic E-state index is 0.140. The smallest absolute Gasteiger partial charge is 0.376 e. The fourth-order valence-electron chi connectivity index (χ4n) is 3.13. The van der Waals surface area contributed by atoms with E-state index in [-0.39, 0.29) is 5.82 Å². The van der Waals surface area contributed by atoms with Gasteiger partial charge in [-0.25, -0.2) is 14.8 Å². The van der Waals surface area contributed by atoms with E-state index >= 15 is 0 Å². The van der Waals surface area contributed by atoms with Crippen molar-refractivity contribution in [3.8, 4) is 5.75 Å². The summed E-state index contributed by atoms with van der Waals surface area (Å²) < 4.78 is 10.1. The maximum Gasteiger partial charge on any atom is 0.376 e. The van der Waals surface area contributed by atoms with E-state index in [0.717, 1.165) is 35.2 Å². The Labute approximate surface area is 129 Å². The van der Waals surface area contributed by atoms with Crippen molar-refractivity contribution in [3.63, 3.8) is 0 Å². The molecule has 0 saturated heterocycles. The van der Waals surface area contributed by atoms with E-state index in [0.29, 0.717) is 5.92 Å². The molecule has 116 valence electrons. The first kappa shape index (κ1) is 14.8. The predicted octanol–water partition coefficient (Wildman–Crippen LogP) is 3.47. The zero-order valence-electron chi connectivity index (χ0n) is 13.0. The summed E-state index contributed by atoms with van der Waals surface area (Å²) in [4.78, 5) is 20.7. The Balaban J connectivity index is 2.16. The number of carbonyl (C=O) groups excluding carboxylic acids is 1. The van der Waals surface area contributed by atoms with Gasteiger partial charge in [0.15, 0.2) is 0 Å². The van der Waals surface area contributed by atoms with Crippen LogP contribution in [0.2, 0.25) is 0 Å². The van der Waals surface area contributed by atoms with Gasteiger partial charge in [-0.05, 0) is 31.0 Å². The molecule has 5 nitrogen and oxygen atoms in total. The zero-order chi connectivity index (χ0) is 15.5. The van der Waals surface area contributed by atoms with E-state index in [1.54, 1.807) is 7.11 Å². The largest absolute Gasteiger partial charge is 0.497 e. The third-order valence-corrected chi connectivity index (χ3v) is 4.29. The number of methoxy groups -OCH3 is 2. The van der Waals surface area contributed by atoms with E-state index in [1.807, 2.05) is 18.2 Å². The van der Waals surface area contributed by atoms with Gasteiger partial charge >= 0.3 is 5.97 Å². The standard InChI is InChI=1S/C17H20N2O3/c1-21-12-8-9-14-13(10-12)15(11-6-4-3-5-7-11)19-16(18-14)17(20)22-2/h8-11H,3-7H2,1-2H3. The molecule has 1 saturated carbocycles. The van der Waals surface area contributed by atoms with Gasteiger partial charge in [0.2, 0.25) is 5.82 Å². The second-order valence-electron chi connectivity index (χ2n) is 5.64. The SMILES string of the molecule is COC(=O)c1nc(C2CCCCC2)c2cc(OC)ccc2n1. The lowest BCUT2D eigenvalue weighted by Crippen LogP contribution is -2.14. The van der Waals surface area contributed by atoms with Gasteiger partial charge in [-0.1, -0.05) is 19.3 Å². The number of nitrogens with zero attached hydrogens (tertiary/aromatic N) is 2. The molecule has 1 aliphatic carbocycles. The Kier molecular flexibility index (Phi) is 4.22. The van der Waals surface area contributed by atoms with E-state index in [9.17, 15) is 4.79 Å². The molecule has 1 heterocycles. The Morgan fingerprint density at radius 3 is 2.59 bits per heavy atom. The van der Waals surface area contributed by atoms with Crippen LogP contribution in [-0.2, 0) is 4.74 Å². The van der Waals surface area contributed by atoms with Crippen molar-refractivity contribution in [1.82, 2.24) is 9.97 Å². The Bertz CT molecular complexity index is 694. The van der Waals surface area contributed by atoms with E-state index < -0.39 is 5.97 Å². The fourth-order valence-corrected chi connectivity index (χ4v) is 3.13. The molecule has 1 fully saturated rings. The summed E-state index contributed by atoms with van der Waals surface area (Å²) in [5, 5.41) is 0.971. The molecule has 5 heteroatoms. The van der Waals surface area contributed by atoms with Crippen LogP contribution >= 0.6 is 0 Å². The van der Waals surface area contributed by atoms with Crippen LogP contribution < -0.4 is 4.74 Å². The molecule has 0 radical (unpaired) electrons.